The number of carbonyl (C=O) groups excluding carboxylic acids is 1. The van der Waals surface area contributed by atoms with Gasteiger partial charge in [0.25, 0.3) is 0 Å². The van der Waals surface area contributed by atoms with Gasteiger partial charge in [0.05, 0.1) is 0 Å². The second-order valence-corrected chi connectivity index (χ2v) is 2.24. The maximum Gasteiger partial charge on any atom is 0.336 e. The summed E-state index contributed by atoms with van der Waals surface area (Å²) in [5, 5.41) is 8.78. The molecule has 0 aromatic carbocycles. The van der Waals surface area contributed by atoms with Crippen LogP contribution in [-0.4, -0.2) is 17.4 Å². The molecule has 0 amide bonds. The summed E-state index contributed by atoms with van der Waals surface area (Å²) in [6.07, 6.45) is 2.03. The highest BCUT2D eigenvalue weighted by Gasteiger charge is 2.21. The summed E-state index contributed by atoms with van der Waals surface area (Å²) in [5.74, 6) is -0.380. The molecule has 10 heavy (non-hydrogen) atoms. The van der Waals surface area contributed by atoms with Crippen molar-refractivity contribution in [1.82, 2.24) is 0 Å². The molecule has 1 rings (SSSR count). The molecule has 3 heteroatoms. The topological polar surface area (TPSA) is 46.5 Å². The lowest BCUT2D eigenvalue weighted by Crippen LogP contribution is -2.06. The van der Waals surface area contributed by atoms with Crippen LogP contribution in [0.5, 0.6) is 0 Å². The third-order valence-corrected chi connectivity index (χ3v) is 1.35. The summed E-state index contributed by atoms with van der Waals surface area (Å²) in [7, 11) is 0. The number of hydrogen-bond acceptors (Lipinski definition) is 3. The summed E-state index contributed by atoms with van der Waals surface area (Å²) >= 11 is 0. The minimum Gasteiger partial charge on any atom is -0.429 e. The second kappa shape index (κ2) is 2.84. The zero-order valence-electron chi connectivity index (χ0n) is 5.83. The number of hydrogen-bond donors (Lipinski definition) is 1. The van der Waals surface area contributed by atoms with Gasteiger partial charge < -0.3 is 9.84 Å². The SMILES string of the molecule is CCCC1=C[C@H](O)OC1=O. The van der Waals surface area contributed by atoms with E-state index in [1.165, 1.54) is 6.08 Å². The molecule has 1 aliphatic heterocycles. The minimum atomic E-state index is -1.01. The quantitative estimate of drug-likeness (QED) is 0.574. The fraction of sp³-hybridized carbons (Fsp3) is 0.571. The molecule has 56 valence electrons. The highest BCUT2D eigenvalue weighted by atomic mass is 16.6. The first kappa shape index (κ1) is 7.28. The summed E-state index contributed by atoms with van der Waals surface area (Å²) in [6.45, 7) is 1.97. The van der Waals surface area contributed by atoms with Crippen LogP contribution in [0.3, 0.4) is 0 Å². The molecule has 0 bridgehead atoms. The zero-order valence-corrected chi connectivity index (χ0v) is 5.83. The van der Waals surface area contributed by atoms with Gasteiger partial charge in [-0.1, -0.05) is 13.3 Å². The third kappa shape index (κ3) is 1.36. The van der Waals surface area contributed by atoms with Crippen molar-refractivity contribution in [2.24, 2.45) is 0 Å². The number of ether oxygens (including phenoxy) is 1. The van der Waals surface area contributed by atoms with E-state index in [4.69, 9.17) is 5.11 Å². The number of aliphatic hydroxyl groups is 1. The highest BCUT2D eigenvalue weighted by molar-refractivity contribution is 5.90. The predicted molar refractivity (Wildman–Crippen MR) is 35.1 cm³/mol. The van der Waals surface area contributed by atoms with E-state index in [1.54, 1.807) is 0 Å². The third-order valence-electron chi connectivity index (χ3n) is 1.35. The molecule has 0 fully saturated rings. The Balaban J connectivity index is 2.57. The van der Waals surface area contributed by atoms with E-state index in [0.717, 1.165) is 6.42 Å². The molecule has 0 aliphatic carbocycles. The van der Waals surface area contributed by atoms with E-state index in [-0.39, 0.29) is 5.97 Å². The van der Waals surface area contributed by atoms with Gasteiger partial charge in [-0.25, -0.2) is 4.79 Å². The van der Waals surface area contributed by atoms with Crippen molar-refractivity contribution in [3.8, 4) is 0 Å². The second-order valence-electron chi connectivity index (χ2n) is 2.24. The van der Waals surface area contributed by atoms with E-state index < -0.39 is 6.29 Å². The van der Waals surface area contributed by atoms with Crippen LogP contribution < -0.4 is 0 Å². The van der Waals surface area contributed by atoms with Crippen LogP contribution in [0.25, 0.3) is 0 Å². The fourth-order valence-electron chi connectivity index (χ4n) is 0.914. The normalized spacial score (nSPS) is 24.4. The summed E-state index contributed by atoms with van der Waals surface area (Å²) in [4.78, 5) is 10.7. The first-order valence-electron chi connectivity index (χ1n) is 3.33. The number of esters is 1. The Labute approximate surface area is 59.3 Å². The molecule has 1 aliphatic rings. The molecule has 0 saturated heterocycles. The van der Waals surface area contributed by atoms with Gasteiger partial charge in [0.1, 0.15) is 0 Å². The van der Waals surface area contributed by atoms with Crippen LogP contribution in [0.1, 0.15) is 19.8 Å². The highest BCUT2D eigenvalue weighted by Crippen LogP contribution is 2.15. The molecule has 0 saturated carbocycles. The molecular formula is C7H10O3. The van der Waals surface area contributed by atoms with Crippen LogP contribution in [0.2, 0.25) is 0 Å². The van der Waals surface area contributed by atoms with E-state index in [1.807, 2.05) is 6.92 Å². The van der Waals surface area contributed by atoms with Crippen molar-refractivity contribution < 1.29 is 14.6 Å². The van der Waals surface area contributed by atoms with Crippen LogP contribution in [0.15, 0.2) is 11.6 Å². The Bertz CT molecular complexity index is 172. The maximum absolute atomic E-state index is 10.7. The average molecular weight is 142 g/mol. The van der Waals surface area contributed by atoms with E-state index in [2.05, 4.69) is 4.74 Å². The first-order valence-corrected chi connectivity index (χ1v) is 3.33. The monoisotopic (exact) mass is 142 g/mol. The molecule has 3 nitrogen and oxygen atoms in total. The number of rotatable bonds is 2. The molecule has 0 aromatic heterocycles. The molecular weight excluding hydrogens is 132 g/mol. The van der Waals surface area contributed by atoms with Gasteiger partial charge in [0.2, 0.25) is 6.29 Å². The zero-order chi connectivity index (χ0) is 7.56. The molecule has 0 spiro atoms. The van der Waals surface area contributed by atoms with Gasteiger partial charge in [0.15, 0.2) is 0 Å². The van der Waals surface area contributed by atoms with Gasteiger partial charge in [-0.2, -0.15) is 0 Å². The van der Waals surface area contributed by atoms with E-state index in [0.29, 0.717) is 12.0 Å². The fourth-order valence-corrected chi connectivity index (χ4v) is 0.914. The van der Waals surface area contributed by atoms with Crippen molar-refractivity contribution in [3.05, 3.63) is 11.6 Å². The number of carbonyl (C=O) groups is 1. The maximum atomic E-state index is 10.7. The molecule has 0 unspecified atom stereocenters. The summed E-state index contributed by atoms with van der Waals surface area (Å²) in [6, 6.07) is 0. The average Bonchev–Trinajstić information content (AvgIpc) is 2.13. The molecule has 1 N–H and O–H groups in total. The summed E-state index contributed by atoms with van der Waals surface area (Å²) in [5.41, 5.74) is 0.593. The Morgan fingerprint density at radius 1 is 1.80 bits per heavy atom. The predicted octanol–water partition coefficient (Wildman–Crippen LogP) is 0.588. The Morgan fingerprint density at radius 3 is 2.90 bits per heavy atom. The lowest BCUT2D eigenvalue weighted by molar-refractivity contribution is -0.151. The minimum absolute atomic E-state index is 0.380. The Hall–Kier alpha value is -0.830. The Kier molecular flexibility index (Phi) is 2.06. The smallest absolute Gasteiger partial charge is 0.336 e. The van der Waals surface area contributed by atoms with Crippen molar-refractivity contribution in [2.45, 2.75) is 26.1 Å². The van der Waals surface area contributed by atoms with E-state index in [9.17, 15) is 4.79 Å². The lowest BCUT2D eigenvalue weighted by atomic mass is 10.1. The van der Waals surface area contributed by atoms with Crippen molar-refractivity contribution in [2.75, 3.05) is 0 Å². The molecule has 0 radical (unpaired) electrons. The standard InChI is InChI=1S/C7H10O3/c1-2-3-5-4-6(8)10-7(5)9/h4,6,8H,2-3H2,1H3/t6-/m1/s1. The molecule has 1 heterocycles. The number of cyclic esters (lactones) is 1. The van der Waals surface area contributed by atoms with Crippen molar-refractivity contribution in [1.29, 1.82) is 0 Å². The van der Waals surface area contributed by atoms with Gasteiger partial charge in [-0.15, -0.1) is 0 Å². The van der Waals surface area contributed by atoms with Gasteiger partial charge in [-0.3, -0.25) is 0 Å². The van der Waals surface area contributed by atoms with Crippen LogP contribution in [0.4, 0.5) is 0 Å². The van der Waals surface area contributed by atoms with Crippen molar-refractivity contribution >= 4 is 5.97 Å². The largest absolute Gasteiger partial charge is 0.429 e. The van der Waals surface area contributed by atoms with Crippen LogP contribution in [-0.2, 0) is 9.53 Å². The van der Waals surface area contributed by atoms with Crippen LogP contribution in [0, 0.1) is 0 Å². The molecule has 1 atom stereocenters. The molecule has 0 aromatic rings. The first-order chi connectivity index (χ1) is 4.74. The number of aliphatic hydroxyl groups excluding tert-OH is 1. The van der Waals surface area contributed by atoms with Crippen LogP contribution >= 0.6 is 0 Å². The summed E-state index contributed by atoms with van der Waals surface area (Å²) < 4.78 is 4.45. The lowest BCUT2D eigenvalue weighted by Gasteiger charge is -1.96. The van der Waals surface area contributed by atoms with Gasteiger partial charge >= 0.3 is 5.97 Å². The Morgan fingerprint density at radius 2 is 2.50 bits per heavy atom. The van der Waals surface area contributed by atoms with Gasteiger partial charge in [0, 0.05) is 5.57 Å². The van der Waals surface area contributed by atoms with E-state index >= 15 is 0 Å². The van der Waals surface area contributed by atoms with Crippen molar-refractivity contribution in [3.63, 3.8) is 0 Å². The van der Waals surface area contributed by atoms with Gasteiger partial charge in [-0.05, 0) is 12.5 Å².